The number of hydrogen-bond donors (Lipinski definition) is 1. The minimum atomic E-state index is -0.342. The molecule has 0 spiro atoms. The highest BCUT2D eigenvalue weighted by Crippen LogP contribution is 2.31. The number of alkyl halides is 1. The summed E-state index contributed by atoms with van der Waals surface area (Å²) in [5.74, 6) is -0.0233. The van der Waals surface area contributed by atoms with Gasteiger partial charge in [0.15, 0.2) is 5.78 Å². The van der Waals surface area contributed by atoms with Crippen LogP contribution in [0.25, 0.3) is 6.08 Å². The lowest BCUT2D eigenvalue weighted by molar-refractivity contribution is 0.104. The molecule has 2 aromatic rings. The number of carbonyl (C=O) groups is 1. The summed E-state index contributed by atoms with van der Waals surface area (Å²) in [5, 5.41) is 3.28. The molecule has 0 aromatic heterocycles. The van der Waals surface area contributed by atoms with Gasteiger partial charge >= 0.3 is 0 Å². The monoisotopic (exact) mass is 323 g/mol. The molecule has 0 amide bonds. The maximum Gasteiger partial charge on any atom is 0.185 e. The molecular weight excluding hydrogens is 306 g/mol. The molecule has 3 rings (SSSR count). The van der Waals surface area contributed by atoms with Gasteiger partial charge in [0.2, 0.25) is 0 Å². The third kappa shape index (κ3) is 3.38. The van der Waals surface area contributed by atoms with E-state index in [-0.39, 0.29) is 11.3 Å². The van der Waals surface area contributed by atoms with Gasteiger partial charge in [0.25, 0.3) is 0 Å². The Morgan fingerprint density at radius 1 is 1.13 bits per heavy atom. The molecule has 1 aliphatic rings. The van der Waals surface area contributed by atoms with Gasteiger partial charge in [0, 0.05) is 11.3 Å². The van der Waals surface area contributed by atoms with Gasteiger partial charge in [-0.25, -0.2) is 0 Å². The molecule has 116 valence electrons. The van der Waals surface area contributed by atoms with Gasteiger partial charge in [0.1, 0.15) is 5.50 Å². The molecule has 0 saturated heterocycles. The van der Waals surface area contributed by atoms with Crippen molar-refractivity contribution in [2.45, 2.75) is 19.3 Å². The summed E-state index contributed by atoms with van der Waals surface area (Å²) >= 11 is 6.39. The summed E-state index contributed by atoms with van der Waals surface area (Å²) in [6.45, 7) is 4.05. The van der Waals surface area contributed by atoms with Crippen molar-refractivity contribution < 1.29 is 4.79 Å². The van der Waals surface area contributed by atoms with Crippen LogP contribution < -0.4 is 5.32 Å². The minimum Gasteiger partial charge on any atom is -0.365 e. The Morgan fingerprint density at radius 2 is 1.87 bits per heavy atom. The molecule has 0 saturated carbocycles. The number of halogens is 1. The Labute approximate surface area is 141 Å². The Bertz CT molecular complexity index is 803. The van der Waals surface area contributed by atoms with E-state index in [1.165, 1.54) is 0 Å². The van der Waals surface area contributed by atoms with Crippen molar-refractivity contribution in [2.24, 2.45) is 0 Å². The second-order valence-electron chi connectivity index (χ2n) is 5.75. The van der Waals surface area contributed by atoms with E-state index in [1.54, 1.807) is 12.2 Å². The molecule has 0 bridgehead atoms. The lowest BCUT2D eigenvalue weighted by Gasteiger charge is -2.23. The van der Waals surface area contributed by atoms with Gasteiger partial charge in [0.05, 0.1) is 0 Å². The number of nitrogens with one attached hydrogen (secondary N) is 1. The van der Waals surface area contributed by atoms with E-state index in [0.29, 0.717) is 5.56 Å². The second-order valence-corrected chi connectivity index (χ2v) is 6.19. The summed E-state index contributed by atoms with van der Waals surface area (Å²) in [6, 6.07) is 13.6. The maximum absolute atomic E-state index is 12.2. The Morgan fingerprint density at radius 3 is 2.61 bits per heavy atom. The summed E-state index contributed by atoms with van der Waals surface area (Å²) in [6.07, 6.45) is 5.39. The first-order valence-electron chi connectivity index (χ1n) is 7.55. The fraction of sp³-hybridized carbons (Fsp3) is 0.150. The van der Waals surface area contributed by atoms with Crippen molar-refractivity contribution >= 4 is 29.1 Å². The summed E-state index contributed by atoms with van der Waals surface area (Å²) in [7, 11) is 0. The zero-order chi connectivity index (χ0) is 16.4. The Hall–Kier alpha value is -2.32. The third-order valence-electron chi connectivity index (χ3n) is 3.95. The molecule has 1 aliphatic heterocycles. The number of benzene rings is 2. The topological polar surface area (TPSA) is 29.1 Å². The van der Waals surface area contributed by atoms with Crippen LogP contribution in [0.5, 0.6) is 0 Å². The number of carbonyl (C=O) groups excluding carboxylic acids is 1. The van der Waals surface area contributed by atoms with Crippen molar-refractivity contribution in [2.75, 3.05) is 5.32 Å². The molecule has 23 heavy (non-hydrogen) atoms. The normalized spacial score (nSPS) is 16.7. The van der Waals surface area contributed by atoms with Crippen molar-refractivity contribution in [3.63, 3.8) is 0 Å². The highest BCUT2D eigenvalue weighted by atomic mass is 35.5. The number of para-hydroxylation sites is 1. The first-order valence-corrected chi connectivity index (χ1v) is 7.99. The van der Waals surface area contributed by atoms with Gasteiger partial charge in [-0.15, -0.1) is 0 Å². The fourth-order valence-electron chi connectivity index (χ4n) is 2.59. The predicted molar refractivity (Wildman–Crippen MR) is 97.1 cm³/mol. The van der Waals surface area contributed by atoms with Crippen LogP contribution in [-0.2, 0) is 0 Å². The lowest BCUT2D eigenvalue weighted by Crippen LogP contribution is -2.19. The fourth-order valence-corrected chi connectivity index (χ4v) is 2.83. The molecule has 0 aliphatic carbocycles. The highest BCUT2D eigenvalue weighted by molar-refractivity contribution is 6.24. The van der Waals surface area contributed by atoms with E-state index in [0.717, 1.165) is 28.0 Å². The predicted octanol–water partition coefficient (Wildman–Crippen LogP) is 5.12. The number of ketones is 1. The van der Waals surface area contributed by atoms with Crippen LogP contribution in [-0.4, -0.2) is 11.3 Å². The average Bonchev–Trinajstić information content (AvgIpc) is 2.54. The van der Waals surface area contributed by atoms with Gasteiger partial charge in [-0.3, -0.25) is 4.79 Å². The van der Waals surface area contributed by atoms with Crippen molar-refractivity contribution in [3.8, 4) is 0 Å². The van der Waals surface area contributed by atoms with Crippen LogP contribution in [0.15, 0.2) is 60.2 Å². The molecule has 3 heteroatoms. The zero-order valence-corrected chi connectivity index (χ0v) is 13.9. The largest absolute Gasteiger partial charge is 0.365 e. The minimum absolute atomic E-state index is 0.0233. The van der Waals surface area contributed by atoms with Crippen LogP contribution in [0.4, 0.5) is 5.69 Å². The Balaban J connectivity index is 1.84. The second kappa shape index (κ2) is 6.43. The van der Waals surface area contributed by atoms with Crippen LogP contribution in [0.3, 0.4) is 0 Å². The lowest BCUT2D eigenvalue weighted by atomic mass is 10.00. The first kappa shape index (κ1) is 15.6. The van der Waals surface area contributed by atoms with E-state index >= 15 is 0 Å². The molecule has 2 aromatic carbocycles. The van der Waals surface area contributed by atoms with Crippen molar-refractivity contribution in [1.29, 1.82) is 0 Å². The molecular formula is C20H18ClNO. The van der Waals surface area contributed by atoms with Crippen LogP contribution in [0.2, 0.25) is 0 Å². The van der Waals surface area contributed by atoms with E-state index in [1.807, 2.05) is 62.4 Å². The van der Waals surface area contributed by atoms with E-state index in [4.69, 9.17) is 11.6 Å². The molecule has 1 heterocycles. The molecule has 1 N–H and O–H groups in total. The van der Waals surface area contributed by atoms with Crippen LogP contribution in [0, 0.1) is 13.8 Å². The smallest absolute Gasteiger partial charge is 0.185 e. The van der Waals surface area contributed by atoms with E-state index in [2.05, 4.69) is 5.32 Å². The van der Waals surface area contributed by atoms with Gasteiger partial charge in [-0.2, -0.15) is 0 Å². The zero-order valence-electron chi connectivity index (χ0n) is 13.1. The quantitative estimate of drug-likeness (QED) is 0.368. The molecule has 2 nitrogen and oxygen atoms in total. The number of fused-ring (bicyclic) bond motifs is 1. The third-order valence-corrected chi connectivity index (χ3v) is 4.32. The van der Waals surface area contributed by atoms with Crippen molar-refractivity contribution in [1.82, 2.24) is 0 Å². The van der Waals surface area contributed by atoms with Crippen LogP contribution >= 0.6 is 11.6 Å². The average molecular weight is 324 g/mol. The van der Waals surface area contributed by atoms with Gasteiger partial charge in [-0.1, -0.05) is 65.7 Å². The molecule has 1 atom stereocenters. The van der Waals surface area contributed by atoms with E-state index in [9.17, 15) is 4.79 Å². The standard InChI is InChI=1S/C20H18ClNO/c1-13-6-8-15(9-7-13)18(23)11-10-17-12-16-5-3-4-14(2)19(16)22-20(17)21/h3-12,20,22H,1-2H3/b11-10-/t20-/m1/s1. The van der Waals surface area contributed by atoms with Gasteiger partial charge in [-0.05, 0) is 42.7 Å². The molecule has 0 fully saturated rings. The molecule has 0 unspecified atom stereocenters. The van der Waals surface area contributed by atoms with Crippen LogP contribution in [0.1, 0.15) is 27.0 Å². The van der Waals surface area contributed by atoms with E-state index < -0.39 is 0 Å². The number of aryl methyl sites for hydroxylation is 2. The highest BCUT2D eigenvalue weighted by Gasteiger charge is 2.18. The van der Waals surface area contributed by atoms with Crippen molar-refractivity contribution in [3.05, 3.63) is 82.4 Å². The number of allylic oxidation sites excluding steroid dienone is 1. The SMILES string of the molecule is Cc1ccc(C(=O)/C=C\C2=Cc3cccc(C)c3N[C@H]2Cl)cc1. The number of hydrogen-bond acceptors (Lipinski definition) is 2. The maximum atomic E-state index is 12.2. The van der Waals surface area contributed by atoms with Gasteiger partial charge < -0.3 is 5.32 Å². The number of anilines is 1. The first-order chi connectivity index (χ1) is 11.0. The summed E-state index contributed by atoms with van der Waals surface area (Å²) in [5.41, 5.74) is 5.65. The summed E-state index contributed by atoms with van der Waals surface area (Å²) < 4.78 is 0. The Kier molecular flexibility index (Phi) is 4.35. The molecule has 0 radical (unpaired) electrons. The number of rotatable bonds is 3. The summed E-state index contributed by atoms with van der Waals surface area (Å²) in [4.78, 5) is 12.2.